The Bertz CT molecular complexity index is 457. The van der Waals surface area contributed by atoms with Crippen molar-refractivity contribution in [2.75, 3.05) is 5.73 Å². The highest BCUT2D eigenvalue weighted by Crippen LogP contribution is 2.23. The van der Waals surface area contributed by atoms with Gasteiger partial charge in [-0.15, -0.1) is 0 Å². The highest BCUT2D eigenvalue weighted by molar-refractivity contribution is 5.64. The summed E-state index contributed by atoms with van der Waals surface area (Å²) in [6, 6.07) is 8.36. The lowest BCUT2D eigenvalue weighted by Crippen LogP contribution is -1.88. The number of aryl methyl sites for hydroxylation is 1. The van der Waals surface area contributed by atoms with Crippen LogP contribution in [0.3, 0.4) is 0 Å². The number of rotatable bonds is 2. The third-order valence-corrected chi connectivity index (χ3v) is 2.47. The molecule has 0 aliphatic heterocycles. The molecule has 0 fully saturated rings. The van der Waals surface area contributed by atoms with E-state index in [4.69, 9.17) is 5.73 Å². The number of aromatic amines is 1. The minimum absolute atomic E-state index is 0.228. The van der Waals surface area contributed by atoms with Gasteiger partial charge in [-0.1, -0.05) is 6.92 Å². The lowest BCUT2D eigenvalue weighted by Gasteiger charge is -1.96. The van der Waals surface area contributed by atoms with Crippen molar-refractivity contribution in [3.8, 4) is 11.3 Å². The van der Waals surface area contributed by atoms with Gasteiger partial charge in [0.25, 0.3) is 0 Å². The topological polar surface area (TPSA) is 41.8 Å². The number of aromatic nitrogens is 1. The van der Waals surface area contributed by atoms with Crippen molar-refractivity contribution >= 4 is 5.82 Å². The first-order valence-corrected chi connectivity index (χ1v) is 4.94. The second-order valence-corrected chi connectivity index (χ2v) is 3.48. The van der Waals surface area contributed by atoms with Crippen LogP contribution < -0.4 is 5.73 Å². The Hall–Kier alpha value is -1.77. The van der Waals surface area contributed by atoms with Crippen molar-refractivity contribution in [1.82, 2.24) is 4.98 Å². The average Bonchev–Trinajstić information content (AvgIpc) is 2.61. The SMILES string of the molecule is CCc1cc(-c2ccc(F)cc2)[nH]c1N. The first-order chi connectivity index (χ1) is 7.20. The number of hydrogen-bond acceptors (Lipinski definition) is 1. The molecule has 1 aromatic carbocycles. The summed E-state index contributed by atoms with van der Waals surface area (Å²) in [5.41, 5.74) is 8.76. The molecule has 3 heteroatoms. The summed E-state index contributed by atoms with van der Waals surface area (Å²) in [5, 5.41) is 0. The third-order valence-electron chi connectivity index (χ3n) is 2.47. The van der Waals surface area contributed by atoms with Gasteiger partial charge in [-0.05, 0) is 47.9 Å². The third kappa shape index (κ3) is 1.86. The summed E-state index contributed by atoms with van der Waals surface area (Å²) in [4.78, 5) is 3.09. The number of hydrogen-bond donors (Lipinski definition) is 2. The molecule has 0 atom stereocenters. The van der Waals surface area contributed by atoms with E-state index < -0.39 is 0 Å². The number of halogens is 1. The van der Waals surface area contributed by atoms with Crippen LogP contribution in [0.5, 0.6) is 0 Å². The Morgan fingerprint density at radius 2 is 1.93 bits per heavy atom. The van der Waals surface area contributed by atoms with Gasteiger partial charge in [0.2, 0.25) is 0 Å². The molecule has 2 aromatic rings. The van der Waals surface area contributed by atoms with E-state index >= 15 is 0 Å². The molecule has 3 N–H and O–H groups in total. The van der Waals surface area contributed by atoms with Gasteiger partial charge in [0.05, 0.1) is 0 Å². The first-order valence-electron chi connectivity index (χ1n) is 4.94. The molecular formula is C12H13FN2. The van der Waals surface area contributed by atoms with Crippen LogP contribution in [0.15, 0.2) is 30.3 Å². The zero-order valence-electron chi connectivity index (χ0n) is 8.55. The van der Waals surface area contributed by atoms with E-state index in [1.165, 1.54) is 12.1 Å². The highest BCUT2D eigenvalue weighted by Gasteiger charge is 2.05. The van der Waals surface area contributed by atoms with E-state index in [9.17, 15) is 4.39 Å². The molecule has 78 valence electrons. The first kappa shape index (κ1) is 9.77. The Balaban J connectivity index is 2.41. The normalized spacial score (nSPS) is 10.5. The van der Waals surface area contributed by atoms with Crippen LogP contribution in [-0.2, 0) is 6.42 Å². The van der Waals surface area contributed by atoms with Gasteiger partial charge in [-0.2, -0.15) is 0 Å². The van der Waals surface area contributed by atoms with Gasteiger partial charge in [-0.25, -0.2) is 4.39 Å². The van der Waals surface area contributed by atoms with Gasteiger partial charge < -0.3 is 10.7 Å². The summed E-state index contributed by atoms with van der Waals surface area (Å²) < 4.78 is 12.7. The lowest BCUT2D eigenvalue weighted by atomic mass is 10.1. The standard InChI is InChI=1S/C12H13FN2/c1-2-8-7-11(15-12(8)14)9-3-5-10(13)6-4-9/h3-7,15H,2,14H2,1H3. The minimum atomic E-state index is -0.228. The van der Waals surface area contributed by atoms with Crippen molar-refractivity contribution in [2.45, 2.75) is 13.3 Å². The van der Waals surface area contributed by atoms with Gasteiger partial charge in [0, 0.05) is 5.69 Å². The van der Waals surface area contributed by atoms with E-state index in [1.807, 2.05) is 13.0 Å². The number of nitrogen functional groups attached to an aromatic ring is 1. The highest BCUT2D eigenvalue weighted by atomic mass is 19.1. The maximum absolute atomic E-state index is 12.7. The molecular weight excluding hydrogens is 191 g/mol. The summed E-state index contributed by atoms with van der Waals surface area (Å²) in [6.07, 6.45) is 0.892. The van der Waals surface area contributed by atoms with Crippen molar-refractivity contribution in [3.63, 3.8) is 0 Å². The van der Waals surface area contributed by atoms with Crippen LogP contribution in [0.4, 0.5) is 10.2 Å². The molecule has 0 spiro atoms. The van der Waals surface area contributed by atoms with Crippen molar-refractivity contribution in [2.24, 2.45) is 0 Å². The Morgan fingerprint density at radius 3 is 2.47 bits per heavy atom. The quantitative estimate of drug-likeness (QED) is 0.775. The van der Waals surface area contributed by atoms with Gasteiger partial charge >= 0.3 is 0 Å². The number of nitrogens with two attached hydrogens (primary N) is 1. The molecule has 15 heavy (non-hydrogen) atoms. The van der Waals surface area contributed by atoms with Gasteiger partial charge in [0.1, 0.15) is 11.6 Å². The van der Waals surface area contributed by atoms with E-state index in [1.54, 1.807) is 12.1 Å². The van der Waals surface area contributed by atoms with Crippen LogP contribution in [0.2, 0.25) is 0 Å². The van der Waals surface area contributed by atoms with E-state index in [2.05, 4.69) is 4.98 Å². The number of benzene rings is 1. The molecule has 0 aliphatic carbocycles. The second-order valence-electron chi connectivity index (χ2n) is 3.48. The fraction of sp³-hybridized carbons (Fsp3) is 0.167. The fourth-order valence-electron chi connectivity index (χ4n) is 1.59. The predicted octanol–water partition coefficient (Wildman–Crippen LogP) is 2.97. The summed E-state index contributed by atoms with van der Waals surface area (Å²) >= 11 is 0. The van der Waals surface area contributed by atoms with Crippen LogP contribution in [-0.4, -0.2) is 4.98 Å². The van der Waals surface area contributed by atoms with Gasteiger partial charge in [-0.3, -0.25) is 0 Å². The minimum Gasteiger partial charge on any atom is -0.385 e. The van der Waals surface area contributed by atoms with Gasteiger partial charge in [0.15, 0.2) is 0 Å². The van der Waals surface area contributed by atoms with E-state index in [-0.39, 0.29) is 5.82 Å². The molecule has 1 aromatic heterocycles. The lowest BCUT2D eigenvalue weighted by molar-refractivity contribution is 0.628. The van der Waals surface area contributed by atoms with E-state index in [0.29, 0.717) is 5.82 Å². The monoisotopic (exact) mass is 204 g/mol. The van der Waals surface area contributed by atoms with E-state index in [0.717, 1.165) is 23.2 Å². The van der Waals surface area contributed by atoms with Crippen LogP contribution in [0, 0.1) is 5.82 Å². The van der Waals surface area contributed by atoms with Crippen molar-refractivity contribution in [1.29, 1.82) is 0 Å². The fourth-order valence-corrected chi connectivity index (χ4v) is 1.59. The average molecular weight is 204 g/mol. The van der Waals surface area contributed by atoms with Crippen LogP contribution in [0.1, 0.15) is 12.5 Å². The summed E-state index contributed by atoms with van der Waals surface area (Å²) in [7, 11) is 0. The smallest absolute Gasteiger partial charge is 0.123 e. The molecule has 0 aliphatic rings. The molecule has 0 bridgehead atoms. The second kappa shape index (κ2) is 3.77. The van der Waals surface area contributed by atoms with Crippen molar-refractivity contribution in [3.05, 3.63) is 41.7 Å². The Morgan fingerprint density at radius 1 is 1.27 bits per heavy atom. The Labute approximate surface area is 87.9 Å². The van der Waals surface area contributed by atoms with Crippen LogP contribution in [0.25, 0.3) is 11.3 Å². The number of nitrogens with one attached hydrogen (secondary N) is 1. The van der Waals surface area contributed by atoms with Crippen LogP contribution >= 0.6 is 0 Å². The zero-order valence-corrected chi connectivity index (χ0v) is 8.55. The summed E-state index contributed by atoms with van der Waals surface area (Å²) in [6.45, 7) is 2.05. The molecule has 2 rings (SSSR count). The number of anilines is 1. The molecule has 0 radical (unpaired) electrons. The molecule has 0 amide bonds. The number of H-pyrrole nitrogens is 1. The maximum atomic E-state index is 12.7. The predicted molar refractivity (Wildman–Crippen MR) is 60.0 cm³/mol. The molecule has 1 heterocycles. The molecule has 2 nitrogen and oxygen atoms in total. The Kier molecular flexibility index (Phi) is 2.46. The zero-order chi connectivity index (χ0) is 10.8. The van der Waals surface area contributed by atoms with Crippen molar-refractivity contribution < 1.29 is 4.39 Å². The largest absolute Gasteiger partial charge is 0.385 e. The molecule has 0 unspecified atom stereocenters. The molecule has 0 saturated heterocycles. The molecule has 0 saturated carbocycles. The summed E-state index contributed by atoms with van der Waals surface area (Å²) in [5.74, 6) is 0.464. The maximum Gasteiger partial charge on any atom is 0.123 e.